The summed E-state index contributed by atoms with van der Waals surface area (Å²) in [5.41, 5.74) is -0.443. The number of hydrogen-bond donors (Lipinski definition) is 2. The van der Waals surface area contributed by atoms with E-state index in [1.807, 2.05) is 0 Å². The highest BCUT2D eigenvalue weighted by Crippen LogP contribution is 2.42. The number of hydrogen-bond acceptors (Lipinski definition) is 2. The van der Waals surface area contributed by atoms with Gasteiger partial charge in [-0.25, -0.2) is 0 Å². The van der Waals surface area contributed by atoms with Crippen LogP contribution < -0.4 is 0 Å². The molecule has 0 spiro atoms. The quantitative estimate of drug-likeness (QED) is 0.620. The van der Waals surface area contributed by atoms with Gasteiger partial charge in [0.2, 0.25) is 0 Å². The molecule has 0 atom stereocenters. The lowest BCUT2D eigenvalue weighted by Crippen LogP contribution is -2.27. The van der Waals surface area contributed by atoms with E-state index in [0.29, 0.717) is 0 Å². The lowest BCUT2D eigenvalue weighted by Gasteiger charge is -2.23. The van der Waals surface area contributed by atoms with E-state index in [9.17, 15) is 14.7 Å². The molecule has 0 unspecified atom stereocenters. The van der Waals surface area contributed by atoms with Gasteiger partial charge < -0.3 is 10.2 Å². The van der Waals surface area contributed by atoms with Gasteiger partial charge >= 0.3 is 11.9 Å². The van der Waals surface area contributed by atoms with Crippen molar-refractivity contribution in [2.24, 2.45) is 5.41 Å². The van der Waals surface area contributed by atoms with E-state index in [1.54, 1.807) is 0 Å². The Kier molecular flexibility index (Phi) is 6.16. The van der Waals surface area contributed by atoms with Crippen LogP contribution in [-0.2, 0) is 9.59 Å². The predicted molar refractivity (Wildman–Crippen MR) is 68.5 cm³/mol. The normalized spacial score (nSPS) is 17.8. The van der Waals surface area contributed by atoms with Crippen LogP contribution in [0.15, 0.2) is 0 Å². The maximum atomic E-state index is 11.3. The van der Waals surface area contributed by atoms with Crippen LogP contribution in [0.25, 0.3) is 0 Å². The number of carbonyl (C=O) groups is 2. The summed E-state index contributed by atoms with van der Waals surface area (Å²) in [6.45, 7) is 0. The van der Waals surface area contributed by atoms with E-state index >= 15 is 0 Å². The van der Waals surface area contributed by atoms with E-state index in [2.05, 4.69) is 0 Å². The van der Waals surface area contributed by atoms with Gasteiger partial charge in [0.1, 0.15) is 0 Å². The minimum Gasteiger partial charge on any atom is -0.481 e. The number of rotatable bonds is 9. The lowest BCUT2D eigenvalue weighted by atomic mass is 9.81. The molecule has 0 amide bonds. The topological polar surface area (TPSA) is 74.6 Å². The number of aliphatic carboxylic acids is 2. The van der Waals surface area contributed by atoms with Crippen LogP contribution in [0.2, 0.25) is 0 Å². The third-order valence-corrected chi connectivity index (χ3v) is 4.06. The second-order valence-electron chi connectivity index (χ2n) is 5.45. The van der Waals surface area contributed by atoms with E-state index in [4.69, 9.17) is 5.11 Å². The smallest absolute Gasteiger partial charge is 0.309 e. The zero-order chi connectivity index (χ0) is 13.4. The molecule has 1 rings (SSSR count). The number of carboxylic acids is 2. The van der Waals surface area contributed by atoms with Gasteiger partial charge in [0.05, 0.1) is 5.41 Å². The van der Waals surface area contributed by atoms with Crippen LogP contribution in [0.1, 0.15) is 70.6 Å². The van der Waals surface area contributed by atoms with Crippen LogP contribution in [0, 0.1) is 5.41 Å². The Morgan fingerprint density at radius 2 is 1.44 bits per heavy atom. The fourth-order valence-electron chi connectivity index (χ4n) is 2.89. The summed E-state index contributed by atoms with van der Waals surface area (Å²) >= 11 is 0. The molecule has 1 fully saturated rings. The first-order valence-corrected chi connectivity index (χ1v) is 7.02. The van der Waals surface area contributed by atoms with Crippen molar-refractivity contribution in [3.63, 3.8) is 0 Å². The summed E-state index contributed by atoms with van der Waals surface area (Å²) < 4.78 is 0. The Morgan fingerprint density at radius 1 is 0.889 bits per heavy atom. The summed E-state index contributed by atoms with van der Waals surface area (Å²) in [5.74, 6) is -1.35. The van der Waals surface area contributed by atoms with Gasteiger partial charge in [-0.1, -0.05) is 38.5 Å². The largest absolute Gasteiger partial charge is 0.481 e. The van der Waals surface area contributed by atoms with Crippen molar-refractivity contribution >= 4 is 11.9 Å². The highest BCUT2D eigenvalue weighted by Gasteiger charge is 2.40. The first-order chi connectivity index (χ1) is 8.57. The van der Waals surface area contributed by atoms with E-state index in [-0.39, 0.29) is 6.42 Å². The summed E-state index contributed by atoms with van der Waals surface area (Å²) in [6.07, 6.45) is 9.47. The van der Waals surface area contributed by atoms with Gasteiger partial charge in [-0.05, 0) is 25.7 Å². The molecular weight excluding hydrogens is 232 g/mol. The highest BCUT2D eigenvalue weighted by molar-refractivity contribution is 5.74. The molecule has 1 aliphatic carbocycles. The van der Waals surface area contributed by atoms with Gasteiger partial charge in [-0.15, -0.1) is 0 Å². The van der Waals surface area contributed by atoms with Crippen molar-refractivity contribution in [3.8, 4) is 0 Å². The Morgan fingerprint density at radius 3 is 2.00 bits per heavy atom. The molecule has 1 aliphatic rings. The van der Waals surface area contributed by atoms with Gasteiger partial charge in [-0.2, -0.15) is 0 Å². The molecule has 104 valence electrons. The van der Waals surface area contributed by atoms with Crippen LogP contribution >= 0.6 is 0 Å². The predicted octanol–water partition coefficient (Wildman–Crippen LogP) is 3.45. The molecule has 4 nitrogen and oxygen atoms in total. The first-order valence-electron chi connectivity index (χ1n) is 7.02. The third kappa shape index (κ3) is 4.67. The molecule has 0 aromatic rings. The van der Waals surface area contributed by atoms with Gasteiger partial charge in [0.15, 0.2) is 0 Å². The molecule has 0 bridgehead atoms. The summed E-state index contributed by atoms with van der Waals surface area (Å²) in [5, 5.41) is 17.8. The lowest BCUT2D eigenvalue weighted by molar-refractivity contribution is -0.149. The van der Waals surface area contributed by atoms with Crippen molar-refractivity contribution in [1.82, 2.24) is 0 Å². The van der Waals surface area contributed by atoms with Crippen LogP contribution in [0.5, 0.6) is 0 Å². The molecule has 0 aromatic heterocycles. The van der Waals surface area contributed by atoms with E-state index < -0.39 is 17.4 Å². The van der Waals surface area contributed by atoms with Gasteiger partial charge in [0.25, 0.3) is 0 Å². The average molecular weight is 256 g/mol. The van der Waals surface area contributed by atoms with Crippen molar-refractivity contribution in [2.45, 2.75) is 70.6 Å². The van der Waals surface area contributed by atoms with E-state index in [1.165, 1.54) is 0 Å². The Labute approximate surface area is 108 Å². The SMILES string of the molecule is O=C(O)CCCCCCCC1(C(=O)O)CCCC1. The molecule has 0 aliphatic heterocycles. The fraction of sp³-hybridized carbons (Fsp3) is 0.857. The molecule has 2 N–H and O–H groups in total. The van der Waals surface area contributed by atoms with Crippen molar-refractivity contribution in [1.29, 1.82) is 0 Å². The Balaban J connectivity index is 2.09. The maximum Gasteiger partial charge on any atom is 0.309 e. The highest BCUT2D eigenvalue weighted by atomic mass is 16.4. The van der Waals surface area contributed by atoms with Crippen LogP contribution in [0.3, 0.4) is 0 Å². The summed E-state index contributed by atoms with van der Waals surface area (Å²) in [4.78, 5) is 21.6. The molecule has 0 heterocycles. The minimum atomic E-state index is -0.731. The number of unbranched alkanes of at least 4 members (excludes halogenated alkanes) is 4. The molecule has 1 saturated carbocycles. The Bertz CT molecular complexity index is 280. The standard InChI is InChI=1S/C14H24O4/c15-12(16)8-4-2-1-3-5-9-14(13(17)18)10-6-7-11-14/h1-11H2,(H,15,16)(H,17,18). The zero-order valence-corrected chi connectivity index (χ0v) is 11.0. The van der Waals surface area contributed by atoms with Crippen LogP contribution in [-0.4, -0.2) is 22.2 Å². The maximum absolute atomic E-state index is 11.3. The third-order valence-electron chi connectivity index (χ3n) is 4.06. The molecule has 0 radical (unpaired) electrons. The van der Waals surface area contributed by atoms with Crippen molar-refractivity contribution < 1.29 is 19.8 Å². The minimum absolute atomic E-state index is 0.249. The first kappa shape index (κ1) is 15.0. The molecule has 0 saturated heterocycles. The molecule has 18 heavy (non-hydrogen) atoms. The zero-order valence-electron chi connectivity index (χ0n) is 11.0. The molecule has 4 heteroatoms. The van der Waals surface area contributed by atoms with Crippen molar-refractivity contribution in [3.05, 3.63) is 0 Å². The summed E-state index contributed by atoms with van der Waals surface area (Å²) in [6, 6.07) is 0. The second kappa shape index (κ2) is 7.39. The second-order valence-corrected chi connectivity index (χ2v) is 5.45. The monoisotopic (exact) mass is 256 g/mol. The number of carboxylic acid groups (broad SMARTS) is 2. The Hall–Kier alpha value is -1.06. The van der Waals surface area contributed by atoms with E-state index in [0.717, 1.165) is 64.2 Å². The molecule has 0 aromatic carbocycles. The molecular formula is C14H24O4. The van der Waals surface area contributed by atoms with Gasteiger partial charge in [0, 0.05) is 6.42 Å². The van der Waals surface area contributed by atoms with Crippen LogP contribution in [0.4, 0.5) is 0 Å². The average Bonchev–Trinajstić information content (AvgIpc) is 2.77. The summed E-state index contributed by atoms with van der Waals surface area (Å²) in [7, 11) is 0. The van der Waals surface area contributed by atoms with Crippen molar-refractivity contribution in [2.75, 3.05) is 0 Å². The van der Waals surface area contributed by atoms with Gasteiger partial charge in [-0.3, -0.25) is 9.59 Å². The fourth-order valence-corrected chi connectivity index (χ4v) is 2.89.